The summed E-state index contributed by atoms with van der Waals surface area (Å²) in [5, 5.41) is 8.29. The first-order chi connectivity index (χ1) is 12.1. The monoisotopic (exact) mass is 334 g/mol. The smallest absolute Gasteiger partial charge is 0.266 e. The van der Waals surface area contributed by atoms with E-state index in [4.69, 9.17) is 0 Å². The van der Waals surface area contributed by atoms with Crippen LogP contribution in [0.1, 0.15) is 17.7 Å². The summed E-state index contributed by atoms with van der Waals surface area (Å²) in [6, 6.07) is 11.2. The number of rotatable bonds is 2. The van der Waals surface area contributed by atoms with Gasteiger partial charge in [-0.05, 0) is 37.0 Å². The zero-order valence-electron chi connectivity index (χ0n) is 13.9. The van der Waals surface area contributed by atoms with Gasteiger partial charge in [0.2, 0.25) is 5.91 Å². The highest BCUT2D eigenvalue weighted by Crippen LogP contribution is 2.26. The lowest BCUT2D eigenvalue weighted by Crippen LogP contribution is -2.31. The second-order valence-electron chi connectivity index (χ2n) is 6.39. The molecule has 0 spiro atoms. The lowest BCUT2D eigenvalue weighted by Gasteiger charge is -2.23. The van der Waals surface area contributed by atoms with Gasteiger partial charge in [0, 0.05) is 30.6 Å². The van der Waals surface area contributed by atoms with Crippen LogP contribution < -0.4 is 10.9 Å². The van der Waals surface area contributed by atoms with Gasteiger partial charge in [0.1, 0.15) is 0 Å². The topological polar surface area (TPSA) is 76.9 Å². The van der Waals surface area contributed by atoms with Crippen LogP contribution in [0.3, 0.4) is 0 Å². The summed E-state index contributed by atoms with van der Waals surface area (Å²) < 4.78 is 1.35. The first-order valence-electron chi connectivity index (χ1n) is 8.32. The number of fused-ring (bicyclic) bond motifs is 2. The Hall–Kier alpha value is -3.02. The SMILES string of the molecule is Cn1nc2c(cc1=O)C[C@@H](C(=O)Nc1cccc3cccnc13)CC2. The average molecular weight is 334 g/mol. The molecule has 1 aliphatic carbocycles. The minimum Gasteiger partial charge on any atom is -0.324 e. The molecule has 0 bridgehead atoms. The molecule has 1 aromatic carbocycles. The van der Waals surface area contributed by atoms with Crippen molar-refractivity contribution in [2.75, 3.05) is 5.32 Å². The number of nitrogens with zero attached hydrogens (tertiary/aromatic N) is 3. The van der Waals surface area contributed by atoms with E-state index in [1.54, 1.807) is 19.3 Å². The highest BCUT2D eigenvalue weighted by atomic mass is 16.2. The van der Waals surface area contributed by atoms with Crippen LogP contribution in [0.2, 0.25) is 0 Å². The molecule has 2 aromatic heterocycles. The van der Waals surface area contributed by atoms with Crippen molar-refractivity contribution in [3.8, 4) is 0 Å². The number of anilines is 1. The molecule has 0 radical (unpaired) electrons. The predicted molar refractivity (Wildman–Crippen MR) is 95.4 cm³/mol. The fourth-order valence-corrected chi connectivity index (χ4v) is 3.35. The number of pyridine rings is 1. The predicted octanol–water partition coefficient (Wildman–Crippen LogP) is 2.07. The lowest BCUT2D eigenvalue weighted by molar-refractivity contribution is -0.120. The fourth-order valence-electron chi connectivity index (χ4n) is 3.35. The first-order valence-corrected chi connectivity index (χ1v) is 8.32. The molecule has 4 rings (SSSR count). The van der Waals surface area contributed by atoms with E-state index >= 15 is 0 Å². The van der Waals surface area contributed by atoms with Crippen molar-refractivity contribution in [2.24, 2.45) is 13.0 Å². The number of aromatic nitrogens is 3. The van der Waals surface area contributed by atoms with Crippen LogP contribution >= 0.6 is 0 Å². The maximum atomic E-state index is 12.7. The standard InChI is InChI=1S/C19H18N4O2/c1-23-17(24)11-14-10-13(7-8-15(14)22-23)19(25)21-16-6-2-4-12-5-3-9-20-18(12)16/h2-6,9,11,13H,7-8,10H2,1H3,(H,21,25)/t13-/m0/s1. The molecule has 25 heavy (non-hydrogen) atoms. The van der Waals surface area contributed by atoms with Gasteiger partial charge in [-0.1, -0.05) is 18.2 Å². The molecule has 3 aromatic rings. The second kappa shape index (κ2) is 6.12. The third-order valence-electron chi connectivity index (χ3n) is 4.72. The van der Waals surface area contributed by atoms with Crippen LogP contribution in [0.25, 0.3) is 10.9 Å². The van der Waals surface area contributed by atoms with Crippen molar-refractivity contribution in [3.63, 3.8) is 0 Å². The van der Waals surface area contributed by atoms with Gasteiger partial charge >= 0.3 is 0 Å². The normalized spacial score (nSPS) is 16.4. The van der Waals surface area contributed by atoms with Gasteiger partial charge in [0.05, 0.1) is 16.9 Å². The van der Waals surface area contributed by atoms with E-state index in [-0.39, 0.29) is 17.4 Å². The van der Waals surface area contributed by atoms with Crippen LogP contribution in [0, 0.1) is 5.92 Å². The molecule has 0 aliphatic heterocycles. The summed E-state index contributed by atoms with van der Waals surface area (Å²) in [5.74, 6) is -0.204. The number of para-hydroxylation sites is 1. The molecule has 0 fully saturated rings. The van der Waals surface area contributed by atoms with Crippen LogP contribution in [0.5, 0.6) is 0 Å². The first kappa shape index (κ1) is 15.5. The van der Waals surface area contributed by atoms with Gasteiger partial charge in [-0.2, -0.15) is 5.10 Å². The molecule has 0 unspecified atom stereocenters. The number of carbonyl (C=O) groups excluding carboxylic acids is 1. The van der Waals surface area contributed by atoms with Gasteiger partial charge in [-0.25, -0.2) is 4.68 Å². The Balaban J connectivity index is 1.57. The second-order valence-corrected chi connectivity index (χ2v) is 6.39. The van der Waals surface area contributed by atoms with Crippen LogP contribution in [0.15, 0.2) is 47.4 Å². The Morgan fingerprint density at radius 2 is 2.12 bits per heavy atom. The zero-order valence-corrected chi connectivity index (χ0v) is 13.9. The number of carbonyl (C=O) groups is 1. The summed E-state index contributed by atoms with van der Waals surface area (Å²) in [7, 11) is 1.65. The third kappa shape index (κ3) is 2.91. The third-order valence-corrected chi connectivity index (χ3v) is 4.72. The van der Waals surface area contributed by atoms with E-state index in [1.165, 1.54) is 4.68 Å². The van der Waals surface area contributed by atoms with Crippen LogP contribution in [0.4, 0.5) is 5.69 Å². The molecular formula is C19H18N4O2. The van der Waals surface area contributed by atoms with E-state index in [0.717, 1.165) is 34.3 Å². The van der Waals surface area contributed by atoms with Crippen LogP contribution in [-0.2, 0) is 24.7 Å². The molecular weight excluding hydrogens is 316 g/mol. The van der Waals surface area contributed by atoms with Crippen molar-refractivity contribution in [2.45, 2.75) is 19.3 Å². The highest BCUT2D eigenvalue weighted by molar-refractivity contribution is 6.01. The van der Waals surface area contributed by atoms with Gasteiger partial charge in [0.15, 0.2) is 0 Å². The quantitative estimate of drug-likeness (QED) is 0.778. The number of nitrogens with one attached hydrogen (secondary N) is 1. The number of hydrogen-bond acceptors (Lipinski definition) is 4. The summed E-state index contributed by atoms with van der Waals surface area (Å²) in [6.07, 6.45) is 3.69. The summed E-state index contributed by atoms with van der Waals surface area (Å²) >= 11 is 0. The Morgan fingerprint density at radius 3 is 3.00 bits per heavy atom. The Bertz CT molecular complexity index is 1020. The molecule has 6 heteroatoms. The molecule has 1 aliphatic rings. The maximum Gasteiger partial charge on any atom is 0.266 e. The molecule has 6 nitrogen and oxygen atoms in total. The molecule has 1 N–H and O–H groups in total. The molecule has 1 atom stereocenters. The van der Waals surface area contributed by atoms with Crippen molar-refractivity contribution in [3.05, 3.63) is 64.2 Å². The Kier molecular flexibility index (Phi) is 3.80. The molecule has 0 saturated carbocycles. The van der Waals surface area contributed by atoms with Gasteiger partial charge in [0.25, 0.3) is 5.56 Å². The average Bonchev–Trinajstić information content (AvgIpc) is 2.62. The van der Waals surface area contributed by atoms with Gasteiger partial charge < -0.3 is 5.32 Å². The highest BCUT2D eigenvalue weighted by Gasteiger charge is 2.26. The number of amides is 1. The minimum atomic E-state index is -0.166. The number of hydrogen-bond donors (Lipinski definition) is 1. The van der Waals surface area contributed by atoms with Crippen molar-refractivity contribution >= 4 is 22.5 Å². The number of aryl methyl sites for hydroxylation is 2. The van der Waals surface area contributed by atoms with Crippen molar-refractivity contribution in [1.29, 1.82) is 0 Å². The maximum absolute atomic E-state index is 12.7. The van der Waals surface area contributed by atoms with Crippen molar-refractivity contribution < 1.29 is 4.79 Å². The van der Waals surface area contributed by atoms with E-state index in [9.17, 15) is 9.59 Å². The van der Waals surface area contributed by atoms with E-state index in [2.05, 4.69) is 15.4 Å². The van der Waals surface area contributed by atoms with Gasteiger partial charge in [-0.15, -0.1) is 0 Å². The van der Waals surface area contributed by atoms with E-state index < -0.39 is 0 Å². The largest absolute Gasteiger partial charge is 0.324 e. The molecule has 0 saturated heterocycles. The Labute approximate surface area is 144 Å². The zero-order chi connectivity index (χ0) is 17.4. The van der Waals surface area contributed by atoms with Crippen molar-refractivity contribution in [1.82, 2.24) is 14.8 Å². The molecule has 2 heterocycles. The summed E-state index contributed by atoms with van der Waals surface area (Å²) in [5.41, 5.74) is 3.16. The summed E-state index contributed by atoms with van der Waals surface area (Å²) in [6.45, 7) is 0. The Morgan fingerprint density at radius 1 is 1.28 bits per heavy atom. The molecule has 126 valence electrons. The van der Waals surface area contributed by atoms with Crippen LogP contribution in [-0.4, -0.2) is 20.7 Å². The van der Waals surface area contributed by atoms with E-state index in [0.29, 0.717) is 12.8 Å². The van der Waals surface area contributed by atoms with E-state index in [1.807, 2.05) is 30.3 Å². The fraction of sp³-hybridized carbons (Fsp3) is 0.263. The minimum absolute atomic E-state index is 0.0375. The molecule has 1 amide bonds. The summed E-state index contributed by atoms with van der Waals surface area (Å²) in [4.78, 5) is 28.9. The van der Waals surface area contributed by atoms with Gasteiger partial charge in [-0.3, -0.25) is 14.6 Å². The lowest BCUT2D eigenvalue weighted by atomic mass is 9.86. The number of benzene rings is 1.